The second kappa shape index (κ2) is 7.46. The highest BCUT2D eigenvalue weighted by Crippen LogP contribution is 2.24. The molecular weight excluding hydrogens is 288 g/mol. The molecule has 0 bridgehead atoms. The molecule has 1 aromatic rings. The van der Waals surface area contributed by atoms with Crippen LogP contribution < -0.4 is 10.6 Å². The summed E-state index contributed by atoms with van der Waals surface area (Å²) in [6.07, 6.45) is 5.28. The minimum absolute atomic E-state index is 0.00128. The quantitative estimate of drug-likeness (QED) is 0.896. The molecule has 2 N–H and O–H groups in total. The van der Waals surface area contributed by atoms with Gasteiger partial charge in [-0.05, 0) is 37.5 Å². The number of hydrogen-bond acceptors (Lipinski definition) is 2. The molecule has 0 spiro atoms. The number of carbonyl (C=O) groups is 2. The van der Waals surface area contributed by atoms with Crippen LogP contribution in [0.15, 0.2) is 18.2 Å². The van der Waals surface area contributed by atoms with Crippen molar-refractivity contribution in [2.45, 2.75) is 39.0 Å². The van der Waals surface area contributed by atoms with Crippen LogP contribution >= 0.6 is 11.6 Å². The molecule has 2 rings (SSSR count). The number of rotatable bonds is 4. The largest absolute Gasteiger partial charge is 0.347 e. The van der Waals surface area contributed by atoms with Crippen molar-refractivity contribution in [3.63, 3.8) is 0 Å². The summed E-state index contributed by atoms with van der Waals surface area (Å²) in [6, 6.07) is 5.35. The molecule has 4 nitrogen and oxygen atoms in total. The van der Waals surface area contributed by atoms with Gasteiger partial charge in [0, 0.05) is 16.6 Å². The highest BCUT2D eigenvalue weighted by Gasteiger charge is 2.21. The molecule has 0 heterocycles. The number of anilines is 1. The Morgan fingerprint density at radius 1 is 1.24 bits per heavy atom. The van der Waals surface area contributed by atoms with Gasteiger partial charge in [-0.1, -0.05) is 36.9 Å². The van der Waals surface area contributed by atoms with Gasteiger partial charge in [0.05, 0.1) is 6.54 Å². The van der Waals surface area contributed by atoms with E-state index in [4.69, 9.17) is 11.6 Å². The monoisotopic (exact) mass is 308 g/mol. The van der Waals surface area contributed by atoms with Crippen LogP contribution in [0.5, 0.6) is 0 Å². The molecule has 0 atom stereocenters. The van der Waals surface area contributed by atoms with Gasteiger partial charge in [-0.15, -0.1) is 0 Å². The van der Waals surface area contributed by atoms with Gasteiger partial charge in [-0.2, -0.15) is 0 Å². The van der Waals surface area contributed by atoms with Crippen molar-refractivity contribution in [2.24, 2.45) is 5.92 Å². The smallest absolute Gasteiger partial charge is 0.243 e. The lowest BCUT2D eigenvalue weighted by Gasteiger charge is -2.20. The van der Waals surface area contributed by atoms with Crippen LogP contribution in [0.2, 0.25) is 5.02 Å². The van der Waals surface area contributed by atoms with Crippen LogP contribution in [0.25, 0.3) is 0 Å². The third kappa shape index (κ3) is 4.46. The molecule has 0 saturated heterocycles. The van der Waals surface area contributed by atoms with Crippen LogP contribution in [-0.4, -0.2) is 18.4 Å². The molecular formula is C16H21ClN2O2. The van der Waals surface area contributed by atoms with Crippen molar-refractivity contribution in [1.29, 1.82) is 0 Å². The molecule has 0 radical (unpaired) electrons. The number of nitrogens with one attached hydrogen (secondary N) is 2. The Balaban J connectivity index is 1.81. The van der Waals surface area contributed by atoms with Crippen molar-refractivity contribution >= 4 is 29.1 Å². The Labute approximate surface area is 130 Å². The van der Waals surface area contributed by atoms with Crippen LogP contribution in [-0.2, 0) is 9.59 Å². The van der Waals surface area contributed by atoms with Crippen LogP contribution in [0.4, 0.5) is 5.69 Å². The number of carbonyl (C=O) groups excluding carboxylic acids is 2. The molecule has 1 aliphatic rings. The van der Waals surface area contributed by atoms with Crippen molar-refractivity contribution in [3.8, 4) is 0 Å². The average Bonchev–Trinajstić information content (AvgIpc) is 2.50. The van der Waals surface area contributed by atoms with E-state index in [9.17, 15) is 9.59 Å². The van der Waals surface area contributed by atoms with Crippen molar-refractivity contribution in [1.82, 2.24) is 5.32 Å². The van der Waals surface area contributed by atoms with E-state index in [1.54, 1.807) is 18.2 Å². The van der Waals surface area contributed by atoms with Crippen molar-refractivity contribution in [3.05, 3.63) is 28.8 Å². The zero-order valence-corrected chi connectivity index (χ0v) is 13.0. The first-order valence-corrected chi connectivity index (χ1v) is 7.78. The van der Waals surface area contributed by atoms with E-state index in [2.05, 4.69) is 10.6 Å². The molecule has 1 aromatic carbocycles. The number of hydrogen-bond donors (Lipinski definition) is 2. The average molecular weight is 309 g/mol. The minimum atomic E-state index is -0.232. The predicted octanol–water partition coefficient (Wildman–Crippen LogP) is 3.28. The summed E-state index contributed by atoms with van der Waals surface area (Å²) in [5.41, 5.74) is 1.51. The van der Waals surface area contributed by atoms with E-state index < -0.39 is 0 Å². The second-order valence-corrected chi connectivity index (χ2v) is 5.92. The predicted molar refractivity (Wildman–Crippen MR) is 84.4 cm³/mol. The van der Waals surface area contributed by atoms with Gasteiger partial charge in [-0.3, -0.25) is 9.59 Å². The number of halogens is 1. The third-order valence-electron chi connectivity index (χ3n) is 3.94. The standard InChI is InChI=1S/C16H21ClN2O2/c1-11-13(17)8-5-9-14(11)19-15(20)10-18-16(21)12-6-3-2-4-7-12/h5,8-9,12H,2-4,6-7,10H2,1H3,(H,18,21)(H,19,20). The topological polar surface area (TPSA) is 58.2 Å². The number of benzene rings is 1. The summed E-state index contributed by atoms with van der Waals surface area (Å²) in [7, 11) is 0. The fraction of sp³-hybridized carbons (Fsp3) is 0.500. The molecule has 1 aliphatic carbocycles. The maximum atomic E-state index is 12.0. The summed E-state index contributed by atoms with van der Waals surface area (Å²) in [5, 5.41) is 6.10. The molecule has 5 heteroatoms. The summed E-state index contributed by atoms with van der Waals surface area (Å²) < 4.78 is 0. The van der Waals surface area contributed by atoms with Gasteiger partial charge in [0.15, 0.2) is 0 Å². The van der Waals surface area contributed by atoms with Crippen LogP contribution in [0.1, 0.15) is 37.7 Å². The van der Waals surface area contributed by atoms with Crippen molar-refractivity contribution in [2.75, 3.05) is 11.9 Å². The van der Waals surface area contributed by atoms with E-state index in [1.807, 2.05) is 6.92 Å². The maximum Gasteiger partial charge on any atom is 0.243 e. The summed E-state index contributed by atoms with van der Waals surface area (Å²) >= 11 is 6.01. The summed E-state index contributed by atoms with van der Waals surface area (Å²) in [6.45, 7) is 1.85. The molecule has 1 fully saturated rings. The van der Waals surface area contributed by atoms with Gasteiger partial charge in [0.25, 0.3) is 0 Å². The van der Waals surface area contributed by atoms with Gasteiger partial charge in [-0.25, -0.2) is 0 Å². The normalized spacial score (nSPS) is 15.5. The maximum absolute atomic E-state index is 12.0. The van der Waals surface area contributed by atoms with E-state index in [0.29, 0.717) is 10.7 Å². The minimum Gasteiger partial charge on any atom is -0.347 e. The summed E-state index contributed by atoms with van der Waals surface area (Å²) in [4.78, 5) is 23.9. The zero-order chi connectivity index (χ0) is 15.2. The molecule has 0 aromatic heterocycles. The lowest BCUT2D eigenvalue weighted by molar-refractivity contribution is -0.128. The molecule has 2 amide bonds. The fourth-order valence-corrected chi connectivity index (χ4v) is 2.79. The highest BCUT2D eigenvalue weighted by molar-refractivity contribution is 6.31. The molecule has 21 heavy (non-hydrogen) atoms. The van der Waals surface area contributed by atoms with Gasteiger partial charge < -0.3 is 10.6 Å². The zero-order valence-electron chi connectivity index (χ0n) is 12.2. The van der Waals surface area contributed by atoms with Crippen molar-refractivity contribution < 1.29 is 9.59 Å². The molecule has 114 valence electrons. The highest BCUT2D eigenvalue weighted by atomic mass is 35.5. The Hall–Kier alpha value is -1.55. The van der Waals surface area contributed by atoms with Crippen LogP contribution in [0.3, 0.4) is 0 Å². The summed E-state index contributed by atoms with van der Waals surface area (Å²) in [5.74, 6) is -0.170. The Morgan fingerprint density at radius 2 is 1.95 bits per heavy atom. The second-order valence-electron chi connectivity index (χ2n) is 5.51. The first-order valence-electron chi connectivity index (χ1n) is 7.40. The van der Waals surface area contributed by atoms with E-state index >= 15 is 0 Å². The lowest BCUT2D eigenvalue weighted by atomic mass is 9.89. The molecule has 0 aliphatic heterocycles. The Kier molecular flexibility index (Phi) is 5.62. The van der Waals surface area contributed by atoms with E-state index in [-0.39, 0.29) is 24.3 Å². The Morgan fingerprint density at radius 3 is 2.67 bits per heavy atom. The first-order chi connectivity index (χ1) is 10.1. The van der Waals surface area contributed by atoms with Gasteiger partial charge in [0.2, 0.25) is 11.8 Å². The van der Waals surface area contributed by atoms with Gasteiger partial charge in [0.1, 0.15) is 0 Å². The fourth-order valence-electron chi connectivity index (χ4n) is 2.61. The number of amides is 2. The lowest BCUT2D eigenvalue weighted by Crippen LogP contribution is -2.37. The van der Waals surface area contributed by atoms with Gasteiger partial charge >= 0.3 is 0 Å². The van der Waals surface area contributed by atoms with E-state index in [0.717, 1.165) is 31.2 Å². The molecule has 0 unspecified atom stereocenters. The third-order valence-corrected chi connectivity index (χ3v) is 4.35. The Bertz CT molecular complexity index is 525. The molecule has 1 saturated carbocycles. The van der Waals surface area contributed by atoms with E-state index in [1.165, 1.54) is 6.42 Å². The first kappa shape index (κ1) is 15.8. The van der Waals surface area contributed by atoms with Crippen LogP contribution in [0, 0.1) is 12.8 Å². The SMILES string of the molecule is Cc1c(Cl)cccc1NC(=O)CNC(=O)C1CCCCC1.